The first-order chi connectivity index (χ1) is 15.7. The number of hydrogen-bond acceptors (Lipinski definition) is 6. The van der Waals surface area contributed by atoms with Gasteiger partial charge in [0, 0.05) is 0 Å². The maximum absolute atomic E-state index is 12.9. The summed E-state index contributed by atoms with van der Waals surface area (Å²) in [6, 6.07) is 20.3. The molecule has 0 saturated carbocycles. The number of nitrogens with zero attached hydrogens (tertiary/aromatic N) is 1. The molecule has 8 heteroatoms. The summed E-state index contributed by atoms with van der Waals surface area (Å²) in [5, 5.41) is -0.344. The Morgan fingerprint density at radius 3 is 2.39 bits per heavy atom. The lowest BCUT2D eigenvalue weighted by atomic mass is 10.1. The van der Waals surface area contributed by atoms with E-state index in [9.17, 15) is 18.0 Å². The van der Waals surface area contributed by atoms with Crippen LogP contribution >= 0.6 is 11.8 Å². The molecule has 0 unspecified atom stereocenters. The van der Waals surface area contributed by atoms with E-state index in [1.807, 2.05) is 38.1 Å². The monoisotopic (exact) mass is 479 g/mol. The summed E-state index contributed by atoms with van der Waals surface area (Å²) in [4.78, 5) is 26.8. The van der Waals surface area contributed by atoms with E-state index in [1.165, 1.54) is 29.2 Å². The van der Waals surface area contributed by atoms with E-state index in [1.54, 1.807) is 30.3 Å². The summed E-state index contributed by atoms with van der Waals surface area (Å²) in [7, 11) is -4.00. The molecule has 0 spiro atoms. The van der Waals surface area contributed by atoms with Crippen LogP contribution in [-0.4, -0.2) is 24.5 Å². The first-order valence-corrected chi connectivity index (χ1v) is 12.4. The van der Waals surface area contributed by atoms with Gasteiger partial charge in [0.1, 0.15) is 10.6 Å². The lowest BCUT2D eigenvalue weighted by Gasteiger charge is -2.14. The van der Waals surface area contributed by atoms with Gasteiger partial charge in [-0.1, -0.05) is 54.1 Å². The number of benzene rings is 3. The first kappa shape index (κ1) is 22.8. The quantitative estimate of drug-likeness (QED) is 0.352. The highest BCUT2D eigenvalue weighted by molar-refractivity contribution is 8.18. The summed E-state index contributed by atoms with van der Waals surface area (Å²) in [6.07, 6.45) is 1.56. The van der Waals surface area contributed by atoms with Crippen LogP contribution in [0.1, 0.15) is 22.3 Å². The molecule has 0 radical (unpaired) electrons. The molecule has 2 amide bonds. The number of carbonyl (C=O) groups is 2. The number of imide groups is 1. The van der Waals surface area contributed by atoms with Crippen LogP contribution in [-0.2, 0) is 21.5 Å². The van der Waals surface area contributed by atoms with Crippen molar-refractivity contribution in [3.8, 4) is 5.75 Å². The second-order valence-electron chi connectivity index (χ2n) is 7.62. The largest absolute Gasteiger partial charge is 0.379 e. The van der Waals surface area contributed by atoms with Crippen molar-refractivity contribution < 1.29 is 22.2 Å². The highest BCUT2D eigenvalue weighted by atomic mass is 32.2. The molecule has 0 bridgehead atoms. The van der Waals surface area contributed by atoms with Gasteiger partial charge < -0.3 is 4.18 Å². The van der Waals surface area contributed by atoms with E-state index < -0.39 is 10.1 Å². The second-order valence-corrected chi connectivity index (χ2v) is 10.2. The fourth-order valence-electron chi connectivity index (χ4n) is 3.28. The highest BCUT2D eigenvalue weighted by Crippen LogP contribution is 2.34. The lowest BCUT2D eigenvalue weighted by Crippen LogP contribution is -2.27. The fraction of sp³-hybridized carbons (Fsp3) is 0.120. The van der Waals surface area contributed by atoms with Crippen LogP contribution < -0.4 is 4.18 Å². The number of carbonyl (C=O) groups excluding carboxylic acids is 2. The molecule has 168 valence electrons. The maximum Gasteiger partial charge on any atom is 0.339 e. The van der Waals surface area contributed by atoms with Crippen molar-refractivity contribution in [2.24, 2.45) is 0 Å². The van der Waals surface area contributed by atoms with Crippen LogP contribution in [0.3, 0.4) is 0 Å². The third-order valence-corrected chi connectivity index (χ3v) is 7.30. The molecule has 1 saturated heterocycles. The van der Waals surface area contributed by atoms with Gasteiger partial charge in [0.05, 0.1) is 11.4 Å². The zero-order chi connectivity index (χ0) is 23.6. The summed E-state index contributed by atoms with van der Waals surface area (Å²) >= 11 is 0.858. The molecule has 0 atom stereocenters. The predicted octanol–water partition coefficient (Wildman–Crippen LogP) is 5.31. The minimum atomic E-state index is -4.00. The number of thioether (sulfide) groups is 1. The normalized spacial score (nSPS) is 15.3. The SMILES string of the molecule is Cc1ccc(S(=O)(=O)Oc2cccc(/C=C3\SC(=O)N(Cc4ccccc4C)C3=O)c2)cc1. The van der Waals surface area contributed by atoms with Crippen LogP contribution in [0.2, 0.25) is 0 Å². The molecule has 33 heavy (non-hydrogen) atoms. The molecule has 1 heterocycles. The van der Waals surface area contributed by atoms with E-state index in [4.69, 9.17) is 4.18 Å². The van der Waals surface area contributed by atoms with E-state index in [0.29, 0.717) is 5.56 Å². The van der Waals surface area contributed by atoms with Gasteiger partial charge in [0.15, 0.2) is 0 Å². The van der Waals surface area contributed by atoms with Crippen LogP contribution in [0.5, 0.6) is 5.75 Å². The smallest absolute Gasteiger partial charge is 0.339 e. The molecule has 1 fully saturated rings. The molecule has 1 aliphatic heterocycles. The van der Waals surface area contributed by atoms with Crippen molar-refractivity contribution in [2.75, 3.05) is 0 Å². The molecule has 3 aromatic rings. The summed E-state index contributed by atoms with van der Waals surface area (Å²) in [6.45, 7) is 4.00. The maximum atomic E-state index is 12.9. The number of amides is 2. The molecule has 4 rings (SSSR count). The van der Waals surface area contributed by atoms with Crippen molar-refractivity contribution in [1.82, 2.24) is 4.90 Å². The van der Waals surface area contributed by atoms with Crippen LogP contribution in [0.25, 0.3) is 6.08 Å². The standard InChI is InChI=1S/C25H21NO5S2/c1-17-10-12-22(13-11-17)33(29,30)31-21-9-5-7-19(14-21)15-23-24(27)26(25(28)32-23)16-20-8-4-3-6-18(20)2/h3-15H,16H2,1-2H3/b23-15-. The number of aryl methyl sites for hydroxylation is 2. The molecule has 0 aromatic heterocycles. The average molecular weight is 480 g/mol. The average Bonchev–Trinajstić information content (AvgIpc) is 3.03. The van der Waals surface area contributed by atoms with Gasteiger partial charge in [-0.15, -0.1) is 0 Å². The zero-order valence-corrected chi connectivity index (χ0v) is 19.7. The summed E-state index contributed by atoms with van der Waals surface area (Å²) < 4.78 is 30.4. The van der Waals surface area contributed by atoms with Crippen LogP contribution in [0.4, 0.5) is 4.79 Å². The van der Waals surface area contributed by atoms with Gasteiger partial charge in [-0.2, -0.15) is 8.42 Å². The Balaban J connectivity index is 1.53. The van der Waals surface area contributed by atoms with Crippen molar-refractivity contribution in [3.05, 3.63) is 100.0 Å². The Morgan fingerprint density at radius 2 is 1.67 bits per heavy atom. The summed E-state index contributed by atoms with van der Waals surface area (Å²) in [5.74, 6) is -0.268. The Kier molecular flexibility index (Phi) is 6.40. The van der Waals surface area contributed by atoms with Crippen LogP contribution in [0, 0.1) is 13.8 Å². The van der Waals surface area contributed by atoms with E-state index in [0.717, 1.165) is 28.5 Å². The van der Waals surface area contributed by atoms with Gasteiger partial charge in [0.2, 0.25) is 0 Å². The third kappa shape index (κ3) is 5.18. The predicted molar refractivity (Wildman–Crippen MR) is 128 cm³/mol. The van der Waals surface area contributed by atoms with Gasteiger partial charge in [-0.3, -0.25) is 14.5 Å². The molecule has 6 nitrogen and oxygen atoms in total. The van der Waals surface area contributed by atoms with E-state index >= 15 is 0 Å². The molecule has 0 N–H and O–H groups in total. The van der Waals surface area contributed by atoms with E-state index in [-0.39, 0.29) is 33.2 Å². The Morgan fingerprint density at radius 1 is 0.939 bits per heavy atom. The topological polar surface area (TPSA) is 80.8 Å². The molecular weight excluding hydrogens is 458 g/mol. The Hall–Kier alpha value is -3.36. The molecule has 1 aliphatic rings. The number of hydrogen-bond donors (Lipinski definition) is 0. The highest BCUT2D eigenvalue weighted by Gasteiger charge is 2.35. The van der Waals surface area contributed by atoms with Crippen molar-refractivity contribution in [3.63, 3.8) is 0 Å². The first-order valence-electron chi connectivity index (χ1n) is 10.1. The second kappa shape index (κ2) is 9.25. The molecular formula is C25H21NO5S2. The zero-order valence-electron chi connectivity index (χ0n) is 18.0. The van der Waals surface area contributed by atoms with Gasteiger partial charge >= 0.3 is 10.1 Å². The fourth-order valence-corrected chi connectivity index (χ4v) is 5.04. The minimum absolute atomic E-state index is 0.0517. The third-order valence-electron chi connectivity index (χ3n) is 5.13. The van der Waals surface area contributed by atoms with E-state index in [2.05, 4.69) is 0 Å². The summed E-state index contributed by atoms with van der Waals surface area (Å²) in [5.41, 5.74) is 3.39. The van der Waals surface area contributed by atoms with Gasteiger partial charge in [-0.25, -0.2) is 0 Å². The molecule has 0 aliphatic carbocycles. The molecule has 3 aromatic carbocycles. The lowest BCUT2D eigenvalue weighted by molar-refractivity contribution is -0.123. The Labute approximate surface area is 197 Å². The van der Waals surface area contributed by atoms with Crippen LogP contribution in [0.15, 0.2) is 82.6 Å². The van der Waals surface area contributed by atoms with Crippen molar-refractivity contribution in [1.29, 1.82) is 0 Å². The Bertz CT molecular complexity index is 1360. The van der Waals surface area contributed by atoms with Crippen molar-refractivity contribution >= 4 is 39.1 Å². The van der Waals surface area contributed by atoms with Gasteiger partial charge in [-0.05, 0) is 72.6 Å². The number of rotatable bonds is 6. The van der Waals surface area contributed by atoms with Crippen molar-refractivity contribution in [2.45, 2.75) is 25.3 Å². The van der Waals surface area contributed by atoms with Gasteiger partial charge in [0.25, 0.3) is 11.1 Å². The minimum Gasteiger partial charge on any atom is -0.379 e.